The number of thiazole rings is 1. The second-order valence-corrected chi connectivity index (χ2v) is 8.02. The van der Waals surface area contributed by atoms with Crippen LogP contribution in [0.25, 0.3) is 0 Å². The Kier molecular flexibility index (Phi) is 9.67. The molecule has 1 aromatic heterocycles. The zero-order valence-electron chi connectivity index (χ0n) is 14.9. The fourth-order valence-corrected chi connectivity index (χ4v) is 4.32. The minimum Gasteiger partial charge on any atom is -0.337 e. The molecule has 5 nitrogen and oxygen atoms in total. The standard InChI is InChI=1S/C17H28N4OS.2ClH/c1-13-4-7-20(8-5-13)10-14-3-2-6-21(11-14)17(22)15-12-23-16(9-18)19-15;;/h12-14H,2-11,18H2,1H3;2*1H. The van der Waals surface area contributed by atoms with Gasteiger partial charge in [-0.3, -0.25) is 4.79 Å². The number of likely N-dealkylation sites (tertiary alicyclic amines) is 2. The van der Waals surface area contributed by atoms with Gasteiger partial charge < -0.3 is 15.5 Å². The fraction of sp³-hybridized carbons (Fsp3) is 0.765. The lowest BCUT2D eigenvalue weighted by Crippen LogP contribution is -2.45. The molecule has 0 bridgehead atoms. The molecule has 8 heteroatoms. The lowest BCUT2D eigenvalue weighted by Gasteiger charge is -2.37. The van der Waals surface area contributed by atoms with Gasteiger partial charge in [-0.15, -0.1) is 36.2 Å². The molecular formula is C17H30Cl2N4OS. The zero-order chi connectivity index (χ0) is 16.2. The van der Waals surface area contributed by atoms with E-state index in [0.29, 0.717) is 18.2 Å². The molecule has 3 rings (SSSR count). The summed E-state index contributed by atoms with van der Waals surface area (Å²) in [6.45, 7) is 8.08. The summed E-state index contributed by atoms with van der Waals surface area (Å²) in [4.78, 5) is 21.6. The van der Waals surface area contributed by atoms with Crippen molar-refractivity contribution >= 4 is 42.1 Å². The molecule has 2 aliphatic rings. The average Bonchev–Trinajstić information content (AvgIpc) is 3.06. The predicted octanol–water partition coefficient (Wildman–Crippen LogP) is 3.03. The molecule has 144 valence electrons. The summed E-state index contributed by atoms with van der Waals surface area (Å²) in [5.41, 5.74) is 6.17. The molecule has 1 aromatic rings. The minimum absolute atomic E-state index is 0. The maximum absolute atomic E-state index is 12.6. The molecule has 1 unspecified atom stereocenters. The van der Waals surface area contributed by atoms with Gasteiger partial charge in [0.1, 0.15) is 10.7 Å². The SMILES string of the molecule is CC1CCN(CC2CCCN(C(=O)c3csc(CN)n3)C2)CC1.Cl.Cl. The van der Waals surface area contributed by atoms with Crippen molar-refractivity contribution in [2.45, 2.75) is 39.2 Å². The quantitative estimate of drug-likeness (QED) is 0.831. The highest BCUT2D eigenvalue weighted by molar-refractivity contribution is 7.09. The molecule has 0 radical (unpaired) electrons. The number of carbonyl (C=O) groups excluding carboxylic acids is 1. The van der Waals surface area contributed by atoms with Gasteiger partial charge in [-0.2, -0.15) is 0 Å². The van der Waals surface area contributed by atoms with Crippen molar-refractivity contribution in [2.75, 3.05) is 32.7 Å². The first-order valence-electron chi connectivity index (χ1n) is 8.81. The molecule has 0 saturated carbocycles. The van der Waals surface area contributed by atoms with Crippen molar-refractivity contribution in [1.82, 2.24) is 14.8 Å². The molecule has 2 fully saturated rings. The molecular weight excluding hydrogens is 379 g/mol. The van der Waals surface area contributed by atoms with Crippen molar-refractivity contribution in [3.05, 3.63) is 16.1 Å². The molecule has 2 saturated heterocycles. The number of piperidine rings is 2. The van der Waals surface area contributed by atoms with Crippen LogP contribution in [0.5, 0.6) is 0 Å². The van der Waals surface area contributed by atoms with Gasteiger partial charge in [0.2, 0.25) is 0 Å². The Hall–Kier alpha value is -0.400. The van der Waals surface area contributed by atoms with Gasteiger partial charge in [0.05, 0.1) is 0 Å². The predicted molar refractivity (Wildman–Crippen MR) is 108 cm³/mol. The van der Waals surface area contributed by atoms with E-state index in [0.717, 1.165) is 37.0 Å². The number of nitrogens with two attached hydrogens (primary N) is 1. The third-order valence-corrected chi connectivity index (χ3v) is 6.02. The maximum Gasteiger partial charge on any atom is 0.273 e. The highest BCUT2D eigenvalue weighted by atomic mass is 35.5. The summed E-state index contributed by atoms with van der Waals surface area (Å²) in [6.07, 6.45) is 4.97. The molecule has 0 aliphatic carbocycles. The summed E-state index contributed by atoms with van der Waals surface area (Å²) in [5, 5.41) is 2.68. The third kappa shape index (κ3) is 6.07. The Morgan fingerprint density at radius 3 is 2.64 bits per heavy atom. The van der Waals surface area contributed by atoms with Crippen LogP contribution in [0.1, 0.15) is 48.1 Å². The molecule has 1 atom stereocenters. The van der Waals surface area contributed by atoms with Crippen LogP contribution < -0.4 is 5.73 Å². The number of rotatable bonds is 4. The Morgan fingerprint density at radius 2 is 2.00 bits per heavy atom. The van der Waals surface area contributed by atoms with Gasteiger partial charge in [-0.05, 0) is 50.6 Å². The van der Waals surface area contributed by atoms with E-state index in [-0.39, 0.29) is 30.7 Å². The highest BCUT2D eigenvalue weighted by Crippen LogP contribution is 2.23. The monoisotopic (exact) mass is 408 g/mol. The Labute approximate surface area is 167 Å². The maximum atomic E-state index is 12.6. The molecule has 3 heterocycles. The highest BCUT2D eigenvalue weighted by Gasteiger charge is 2.27. The fourth-order valence-electron chi connectivity index (χ4n) is 3.67. The number of hydrogen-bond donors (Lipinski definition) is 1. The first kappa shape index (κ1) is 22.6. The first-order chi connectivity index (χ1) is 11.2. The van der Waals surface area contributed by atoms with Crippen molar-refractivity contribution in [3.8, 4) is 0 Å². The summed E-state index contributed by atoms with van der Waals surface area (Å²) in [5.74, 6) is 1.56. The molecule has 0 spiro atoms. The minimum atomic E-state index is 0. The van der Waals surface area contributed by atoms with Gasteiger partial charge in [0.25, 0.3) is 5.91 Å². The molecule has 2 aliphatic heterocycles. The second kappa shape index (κ2) is 10.7. The lowest BCUT2D eigenvalue weighted by atomic mass is 9.94. The van der Waals surface area contributed by atoms with Crippen molar-refractivity contribution in [2.24, 2.45) is 17.6 Å². The number of carbonyl (C=O) groups is 1. The Bertz CT molecular complexity index is 534. The largest absolute Gasteiger partial charge is 0.337 e. The van der Waals surface area contributed by atoms with Crippen LogP contribution in [0.15, 0.2) is 5.38 Å². The van der Waals surface area contributed by atoms with E-state index in [4.69, 9.17) is 5.73 Å². The van der Waals surface area contributed by atoms with Gasteiger partial charge in [0, 0.05) is 31.6 Å². The first-order valence-corrected chi connectivity index (χ1v) is 9.69. The molecule has 25 heavy (non-hydrogen) atoms. The van der Waals surface area contributed by atoms with Gasteiger partial charge in [0.15, 0.2) is 0 Å². The zero-order valence-corrected chi connectivity index (χ0v) is 17.3. The van der Waals surface area contributed by atoms with E-state index in [1.807, 2.05) is 10.3 Å². The van der Waals surface area contributed by atoms with E-state index in [1.54, 1.807) is 0 Å². The number of nitrogens with zero attached hydrogens (tertiary/aromatic N) is 3. The Balaban J connectivity index is 0.00000156. The van der Waals surface area contributed by atoms with Crippen molar-refractivity contribution in [3.63, 3.8) is 0 Å². The van der Waals surface area contributed by atoms with Crippen molar-refractivity contribution < 1.29 is 4.79 Å². The number of hydrogen-bond acceptors (Lipinski definition) is 5. The third-order valence-electron chi connectivity index (χ3n) is 5.14. The van der Waals surface area contributed by atoms with E-state index in [1.165, 1.54) is 43.7 Å². The van der Waals surface area contributed by atoms with Gasteiger partial charge in [-0.1, -0.05) is 6.92 Å². The molecule has 0 aromatic carbocycles. The van der Waals surface area contributed by atoms with Crippen LogP contribution in [0.4, 0.5) is 0 Å². The van der Waals surface area contributed by atoms with Crippen LogP contribution in [0, 0.1) is 11.8 Å². The smallest absolute Gasteiger partial charge is 0.273 e. The second-order valence-electron chi connectivity index (χ2n) is 7.07. The summed E-state index contributed by atoms with van der Waals surface area (Å²) in [6, 6.07) is 0. The summed E-state index contributed by atoms with van der Waals surface area (Å²) in [7, 11) is 0. The number of halogens is 2. The van der Waals surface area contributed by atoms with Crippen LogP contribution >= 0.6 is 36.2 Å². The van der Waals surface area contributed by atoms with E-state index < -0.39 is 0 Å². The molecule has 2 N–H and O–H groups in total. The van der Waals surface area contributed by atoms with Crippen LogP contribution in [-0.2, 0) is 6.54 Å². The number of aromatic nitrogens is 1. The molecule has 1 amide bonds. The van der Waals surface area contributed by atoms with Crippen molar-refractivity contribution in [1.29, 1.82) is 0 Å². The lowest BCUT2D eigenvalue weighted by molar-refractivity contribution is 0.0617. The van der Waals surface area contributed by atoms with E-state index in [9.17, 15) is 4.79 Å². The average molecular weight is 409 g/mol. The summed E-state index contributed by atoms with van der Waals surface area (Å²) >= 11 is 1.48. The Morgan fingerprint density at radius 1 is 1.28 bits per heavy atom. The van der Waals surface area contributed by atoms with Gasteiger partial charge in [-0.25, -0.2) is 4.98 Å². The van der Waals surface area contributed by atoms with Crippen LogP contribution in [0.3, 0.4) is 0 Å². The number of amides is 1. The van der Waals surface area contributed by atoms with E-state index in [2.05, 4.69) is 16.8 Å². The van der Waals surface area contributed by atoms with Crippen LogP contribution in [-0.4, -0.2) is 53.4 Å². The van der Waals surface area contributed by atoms with Crippen LogP contribution in [0.2, 0.25) is 0 Å². The summed E-state index contributed by atoms with van der Waals surface area (Å²) < 4.78 is 0. The topological polar surface area (TPSA) is 62.5 Å². The van der Waals surface area contributed by atoms with Gasteiger partial charge >= 0.3 is 0 Å². The normalized spacial score (nSPS) is 22.2. The van der Waals surface area contributed by atoms with E-state index >= 15 is 0 Å².